The minimum atomic E-state index is 0.0851. The molecule has 0 radical (unpaired) electrons. The Balaban J connectivity index is 1.70. The molecule has 2 aliphatic rings. The van der Waals surface area contributed by atoms with Crippen molar-refractivity contribution in [3.8, 4) is 11.5 Å². The molecule has 1 heterocycles. The summed E-state index contributed by atoms with van der Waals surface area (Å²) in [6.07, 6.45) is 6.46. The van der Waals surface area contributed by atoms with E-state index in [2.05, 4.69) is 17.4 Å². The molecule has 2 aromatic rings. The van der Waals surface area contributed by atoms with Gasteiger partial charge in [-0.05, 0) is 55.5 Å². The standard InChI is InChI=1S/C24H29ClN2O2/c1-3-29-21-15-19(28-2)13-14-20(21)24-26-22(16-7-5-4-6-8-16)23(27-24)17-9-11-18(25)12-10-17/h9-16,22-23H,3-8H2,1-2H3,(H,26,27). The number of amidine groups is 1. The molecule has 1 N–H and O–H groups in total. The third-order valence-electron chi connectivity index (χ3n) is 6.02. The monoisotopic (exact) mass is 412 g/mol. The van der Waals surface area contributed by atoms with Crippen LogP contribution in [0.4, 0.5) is 0 Å². The molecule has 1 aliphatic heterocycles. The van der Waals surface area contributed by atoms with Crippen LogP contribution in [0.5, 0.6) is 11.5 Å². The minimum Gasteiger partial charge on any atom is -0.497 e. The fourth-order valence-electron chi connectivity index (χ4n) is 4.55. The lowest BCUT2D eigenvalue weighted by Gasteiger charge is -2.31. The summed E-state index contributed by atoms with van der Waals surface area (Å²) in [6.45, 7) is 2.59. The van der Waals surface area contributed by atoms with Gasteiger partial charge >= 0.3 is 0 Å². The van der Waals surface area contributed by atoms with Crippen molar-refractivity contribution in [1.29, 1.82) is 0 Å². The van der Waals surface area contributed by atoms with Crippen LogP contribution in [0.15, 0.2) is 47.5 Å². The van der Waals surface area contributed by atoms with Crippen LogP contribution in [0.2, 0.25) is 5.02 Å². The first-order valence-electron chi connectivity index (χ1n) is 10.6. The van der Waals surface area contributed by atoms with Crippen LogP contribution in [0.1, 0.15) is 56.2 Å². The summed E-state index contributed by atoms with van der Waals surface area (Å²) >= 11 is 6.13. The Kier molecular flexibility index (Phi) is 6.29. The van der Waals surface area contributed by atoms with Gasteiger partial charge in [0.15, 0.2) is 0 Å². The summed E-state index contributed by atoms with van der Waals surface area (Å²) in [7, 11) is 1.67. The molecule has 2 unspecified atom stereocenters. The number of methoxy groups -OCH3 is 1. The van der Waals surface area contributed by atoms with E-state index in [1.807, 2.05) is 37.3 Å². The van der Waals surface area contributed by atoms with E-state index in [0.717, 1.165) is 27.9 Å². The number of aliphatic imine (C=N–C) groups is 1. The molecule has 1 fully saturated rings. The average molecular weight is 413 g/mol. The molecule has 1 aliphatic carbocycles. The molecule has 2 atom stereocenters. The lowest BCUT2D eigenvalue weighted by molar-refractivity contribution is 0.273. The van der Waals surface area contributed by atoms with E-state index in [0.29, 0.717) is 18.6 Å². The molecule has 0 bridgehead atoms. The fraction of sp³-hybridized carbons (Fsp3) is 0.458. The van der Waals surface area contributed by atoms with Crippen molar-refractivity contribution in [2.45, 2.75) is 51.1 Å². The average Bonchev–Trinajstić information content (AvgIpc) is 3.20. The van der Waals surface area contributed by atoms with Crippen LogP contribution in [0.25, 0.3) is 0 Å². The third-order valence-corrected chi connectivity index (χ3v) is 6.28. The zero-order valence-corrected chi connectivity index (χ0v) is 17.9. The van der Waals surface area contributed by atoms with Crippen LogP contribution >= 0.6 is 11.6 Å². The highest BCUT2D eigenvalue weighted by atomic mass is 35.5. The molecule has 0 aromatic heterocycles. The zero-order chi connectivity index (χ0) is 20.2. The molecule has 154 valence electrons. The van der Waals surface area contributed by atoms with Crippen LogP contribution < -0.4 is 14.8 Å². The first kappa shape index (κ1) is 20.1. The highest BCUT2D eigenvalue weighted by Gasteiger charge is 2.37. The number of rotatable bonds is 6. The number of halogens is 1. The molecule has 4 nitrogen and oxygen atoms in total. The van der Waals surface area contributed by atoms with Gasteiger partial charge < -0.3 is 14.8 Å². The lowest BCUT2D eigenvalue weighted by atomic mass is 9.80. The van der Waals surface area contributed by atoms with Crippen LogP contribution in [-0.2, 0) is 0 Å². The van der Waals surface area contributed by atoms with E-state index < -0.39 is 0 Å². The number of hydrogen-bond donors (Lipinski definition) is 1. The first-order valence-corrected chi connectivity index (χ1v) is 11.0. The largest absolute Gasteiger partial charge is 0.497 e. The van der Waals surface area contributed by atoms with E-state index in [4.69, 9.17) is 26.1 Å². The van der Waals surface area contributed by atoms with Gasteiger partial charge in [-0.25, -0.2) is 0 Å². The summed E-state index contributed by atoms with van der Waals surface area (Å²) in [5, 5.41) is 4.53. The Bertz CT molecular complexity index is 860. The topological polar surface area (TPSA) is 42.9 Å². The van der Waals surface area contributed by atoms with Crippen LogP contribution in [0, 0.1) is 5.92 Å². The summed E-state index contributed by atoms with van der Waals surface area (Å²) in [5.74, 6) is 3.12. The molecule has 1 saturated carbocycles. The van der Waals surface area contributed by atoms with Crippen molar-refractivity contribution >= 4 is 17.4 Å². The smallest absolute Gasteiger partial charge is 0.133 e. The van der Waals surface area contributed by atoms with Gasteiger partial charge in [0.25, 0.3) is 0 Å². The SMILES string of the molecule is CCOc1cc(OC)ccc1C1=NC(c2ccc(Cl)cc2)C(C2CCCCC2)N1. The predicted octanol–water partition coefficient (Wildman–Crippen LogP) is 5.79. The molecule has 0 saturated heterocycles. The minimum absolute atomic E-state index is 0.0851. The normalized spacial score (nSPS) is 22.1. The van der Waals surface area contributed by atoms with Crippen molar-refractivity contribution in [2.24, 2.45) is 10.9 Å². The molecule has 0 amide bonds. The maximum Gasteiger partial charge on any atom is 0.133 e. The Hall–Kier alpha value is -2.20. The highest BCUT2D eigenvalue weighted by Crippen LogP contribution is 2.39. The molecular formula is C24H29ClN2O2. The number of nitrogens with one attached hydrogen (secondary N) is 1. The van der Waals surface area contributed by atoms with Crippen molar-refractivity contribution < 1.29 is 9.47 Å². The zero-order valence-electron chi connectivity index (χ0n) is 17.2. The number of benzene rings is 2. The van der Waals surface area contributed by atoms with E-state index in [1.165, 1.54) is 37.7 Å². The third kappa shape index (κ3) is 4.37. The molecule has 2 aromatic carbocycles. The summed E-state index contributed by atoms with van der Waals surface area (Å²) in [4.78, 5) is 5.15. The van der Waals surface area contributed by atoms with E-state index >= 15 is 0 Å². The molecule has 5 heteroatoms. The molecule has 29 heavy (non-hydrogen) atoms. The summed E-state index contributed by atoms with van der Waals surface area (Å²) in [5.41, 5.74) is 2.20. The van der Waals surface area contributed by atoms with Crippen molar-refractivity contribution in [3.05, 3.63) is 58.6 Å². The Morgan fingerprint density at radius 3 is 2.52 bits per heavy atom. The van der Waals surface area contributed by atoms with Gasteiger partial charge in [0.05, 0.1) is 31.4 Å². The maximum atomic E-state index is 6.13. The number of ether oxygens (including phenoxy) is 2. The van der Waals surface area contributed by atoms with Crippen molar-refractivity contribution in [2.75, 3.05) is 13.7 Å². The van der Waals surface area contributed by atoms with Gasteiger partial charge in [0.1, 0.15) is 17.3 Å². The second kappa shape index (κ2) is 9.08. The summed E-state index contributed by atoms with van der Waals surface area (Å²) in [6, 6.07) is 14.5. The Morgan fingerprint density at radius 2 is 1.83 bits per heavy atom. The Morgan fingerprint density at radius 1 is 1.07 bits per heavy atom. The fourth-order valence-corrected chi connectivity index (χ4v) is 4.68. The molecule has 4 rings (SSSR count). The highest BCUT2D eigenvalue weighted by molar-refractivity contribution is 6.30. The maximum absolute atomic E-state index is 6.13. The van der Waals surface area contributed by atoms with E-state index in [1.54, 1.807) is 7.11 Å². The second-order valence-electron chi connectivity index (χ2n) is 7.84. The van der Waals surface area contributed by atoms with Crippen LogP contribution in [-0.4, -0.2) is 25.6 Å². The van der Waals surface area contributed by atoms with Crippen LogP contribution in [0.3, 0.4) is 0 Å². The summed E-state index contributed by atoms with van der Waals surface area (Å²) < 4.78 is 11.3. The quantitative estimate of drug-likeness (QED) is 0.653. The van der Waals surface area contributed by atoms with Gasteiger partial charge in [-0.2, -0.15) is 0 Å². The van der Waals surface area contributed by atoms with Gasteiger partial charge in [0.2, 0.25) is 0 Å². The van der Waals surface area contributed by atoms with E-state index in [9.17, 15) is 0 Å². The van der Waals surface area contributed by atoms with Gasteiger partial charge in [-0.3, -0.25) is 4.99 Å². The number of hydrogen-bond acceptors (Lipinski definition) is 4. The van der Waals surface area contributed by atoms with Crippen molar-refractivity contribution in [3.63, 3.8) is 0 Å². The number of nitrogens with zero attached hydrogens (tertiary/aromatic N) is 1. The Labute approximate surface area is 178 Å². The first-order chi connectivity index (χ1) is 14.2. The van der Waals surface area contributed by atoms with Gasteiger partial charge in [-0.1, -0.05) is 43.0 Å². The predicted molar refractivity (Wildman–Crippen MR) is 118 cm³/mol. The molecular weight excluding hydrogens is 384 g/mol. The van der Waals surface area contributed by atoms with Crippen molar-refractivity contribution in [1.82, 2.24) is 5.32 Å². The second-order valence-corrected chi connectivity index (χ2v) is 8.27. The van der Waals surface area contributed by atoms with Gasteiger partial charge in [0, 0.05) is 11.1 Å². The van der Waals surface area contributed by atoms with Gasteiger partial charge in [-0.15, -0.1) is 0 Å². The molecule has 0 spiro atoms. The van der Waals surface area contributed by atoms with E-state index in [-0.39, 0.29) is 6.04 Å². The lowest BCUT2D eigenvalue weighted by Crippen LogP contribution is -2.39.